The fraction of sp³-hybridized carbons (Fsp3) is 0.143. The number of alkyl carbamates (subject to hydrolysis) is 1. The molecule has 6 nitrogen and oxygen atoms in total. The molecule has 1 heterocycles. The number of hydrogen-bond acceptors (Lipinski definition) is 3. The minimum atomic E-state index is -1.06. The molecule has 34 heavy (non-hydrogen) atoms. The van der Waals surface area contributed by atoms with Crippen molar-refractivity contribution >= 4 is 23.0 Å². The Labute approximate surface area is 196 Å². The first-order valence-electron chi connectivity index (χ1n) is 11.0. The molecular weight excluding hydrogens is 428 g/mol. The summed E-state index contributed by atoms with van der Waals surface area (Å²) in [5, 5.41) is 12.9. The summed E-state index contributed by atoms with van der Waals surface area (Å²) in [6, 6.07) is 23.7. The number of aromatic carboxylic acids is 1. The maximum atomic E-state index is 12.3. The molecular formula is C28H22N2O4. The van der Waals surface area contributed by atoms with Crippen LogP contribution in [-0.2, 0) is 4.74 Å². The number of para-hydroxylation sites is 1. The number of H-pyrrole nitrogens is 1. The van der Waals surface area contributed by atoms with Crippen LogP contribution in [0.3, 0.4) is 0 Å². The summed E-state index contributed by atoms with van der Waals surface area (Å²) in [5.74, 6) is 4.84. The highest BCUT2D eigenvalue weighted by Gasteiger charge is 2.28. The van der Waals surface area contributed by atoms with Crippen LogP contribution in [-0.4, -0.2) is 35.3 Å². The van der Waals surface area contributed by atoms with Gasteiger partial charge in [0.2, 0.25) is 0 Å². The van der Waals surface area contributed by atoms with Crippen molar-refractivity contribution in [3.8, 4) is 23.0 Å². The van der Waals surface area contributed by atoms with Crippen molar-refractivity contribution in [2.75, 3.05) is 13.2 Å². The zero-order chi connectivity index (χ0) is 23.5. The lowest BCUT2D eigenvalue weighted by atomic mass is 9.98. The van der Waals surface area contributed by atoms with Gasteiger partial charge in [0.05, 0.1) is 5.56 Å². The third-order valence-electron chi connectivity index (χ3n) is 6.00. The summed E-state index contributed by atoms with van der Waals surface area (Å²) in [6.07, 6.45) is -0.134. The fourth-order valence-corrected chi connectivity index (χ4v) is 4.46. The fourth-order valence-electron chi connectivity index (χ4n) is 4.46. The van der Waals surface area contributed by atoms with Gasteiger partial charge in [-0.15, -0.1) is 0 Å². The zero-order valence-electron chi connectivity index (χ0n) is 18.3. The second-order valence-corrected chi connectivity index (χ2v) is 8.03. The van der Waals surface area contributed by atoms with Gasteiger partial charge >= 0.3 is 12.1 Å². The van der Waals surface area contributed by atoms with Crippen molar-refractivity contribution in [2.45, 2.75) is 12.3 Å². The summed E-state index contributed by atoms with van der Waals surface area (Å²) >= 11 is 0. The zero-order valence-corrected chi connectivity index (χ0v) is 18.3. The number of benzene rings is 3. The largest absolute Gasteiger partial charge is 0.477 e. The predicted molar refractivity (Wildman–Crippen MR) is 130 cm³/mol. The van der Waals surface area contributed by atoms with E-state index in [-0.39, 0.29) is 18.2 Å². The molecule has 1 aliphatic rings. The van der Waals surface area contributed by atoms with Crippen LogP contribution in [0.4, 0.5) is 4.79 Å². The Morgan fingerprint density at radius 3 is 2.29 bits per heavy atom. The number of aromatic amines is 1. The Hall–Kier alpha value is -4.50. The molecule has 1 amide bonds. The van der Waals surface area contributed by atoms with Crippen molar-refractivity contribution in [1.29, 1.82) is 0 Å². The number of aromatic nitrogens is 1. The minimum Gasteiger partial charge on any atom is -0.477 e. The van der Waals surface area contributed by atoms with Crippen molar-refractivity contribution in [3.05, 3.63) is 95.2 Å². The van der Waals surface area contributed by atoms with E-state index in [9.17, 15) is 14.7 Å². The number of amides is 1. The van der Waals surface area contributed by atoms with Crippen LogP contribution >= 0.6 is 0 Å². The average molecular weight is 450 g/mol. The first-order chi connectivity index (χ1) is 16.6. The topological polar surface area (TPSA) is 91.4 Å². The van der Waals surface area contributed by atoms with Crippen LogP contribution in [0.1, 0.15) is 39.5 Å². The molecule has 1 aliphatic carbocycles. The second-order valence-electron chi connectivity index (χ2n) is 8.03. The highest BCUT2D eigenvalue weighted by molar-refractivity contribution is 5.99. The Bertz CT molecular complexity index is 1410. The van der Waals surface area contributed by atoms with E-state index >= 15 is 0 Å². The highest BCUT2D eigenvalue weighted by atomic mass is 16.5. The van der Waals surface area contributed by atoms with Gasteiger partial charge in [-0.2, -0.15) is 0 Å². The number of carboxylic acids is 1. The van der Waals surface area contributed by atoms with Gasteiger partial charge in [-0.1, -0.05) is 78.6 Å². The van der Waals surface area contributed by atoms with Crippen LogP contribution in [0.2, 0.25) is 0 Å². The third kappa shape index (κ3) is 4.00. The Kier molecular flexibility index (Phi) is 5.75. The third-order valence-corrected chi connectivity index (χ3v) is 6.00. The van der Waals surface area contributed by atoms with Gasteiger partial charge in [0.15, 0.2) is 0 Å². The van der Waals surface area contributed by atoms with Crippen LogP contribution in [0, 0.1) is 11.8 Å². The summed E-state index contributed by atoms with van der Waals surface area (Å²) in [4.78, 5) is 26.7. The number of nitrogens with one attached hydrogen (secondary N) is 2. The van der Waals surface area contributed by atoms with E-state index in [1.165, 1.54) is 11.1 Å². The van der Waals surface area contributed by atoms with Gasteiger partial charge in [-0.05, 0) is 28.3 Å². The molecule has 0 saturated carbocycles. The lowest BCUT2D eigenvalue weighted by molar-refractivity contribution is 0.0691. The van der Waals surface area contributed by atoms with Gasteiger partial charge in [0.25, 0.3) is 0 Å². The SMILES string of the molecule is O=C(NCCC#Cc1c(C(=O)O)[nH]c2ccccc12)OCC1c2ccccc2-c2ccccc21. The normalized spacial score (nSPS) is 11.9. The van der Waals surface area contributed by atoms with E-state index in [2.05, 4.69) is 46.4 Å². The minimum absolute atomic E-state index is 0.00857. The quantitative estimate of drug-likeness (QED) is 0.290. The Balaban J connectivity index is 1.18. The van der Waals surface area contributed by atoms with Gasteiger partial charge in [-0.25, -0.2) is 9.59 Å². The van der Waals surface area contributed by atoms with E-state index in [0.717, 1.165) is 22.0 Å². The number of rotatable bonds is 5. The number of hydrogen-bond donors (Lipinski definition) is 3. The van der Waals surface area contributed by atoms with Crippen LogP contribution in [0.25, 0.3) is 22.0 Å². The smallest absolute Gasteiger partial charge is 0.407 e. The van der Waals surface area contributed by atoms with Crippen molar-refractivity contribution in [1.82, 2.24) is 10.3 Å². The van der Waals surface area contributed by atoms with E-state index in [0.29, 0.717) is 18.5 Å². The van der Waals surface area contributed by atoms with E-state index in [4.69, 9.17) is 4.74 Å². The molecule has 0 bridgehead atoms. The maximum absolute atomic E-state index is 12.3. The van der Waals surface area contributed by atoms with Crippen molar-refractivity contribution < 1.29 is 19.4 Å². The maximum Gasteiger partial charge on any atom is 0.407 e. The lowest BCUT2D eigenvalue weighted by Gasteiger charge is -2.14. The van der Waals surface area contributed by atoms with Gasteiger partial charge in [0.1, 0.15) is 12.3 Å². The number of fused-ring (bicyclic) bond motifs is 4. The summed E-state index contributed by atoms with van der Waals surface area (Å²) < 4.78 is 5.52. The molecule has 0 atom stereocenters. The molecule has 3 N–H and O–H groups in total. The Morgan fingerprint density at radius 2 is 1.59 bits per heavy atom. The van der Waals surface area contributed by atoms with Crippen LogP contribution in [0.5, 0.6) is 0 Å². The molecule has 0 saturated heterocycles. The van der Waals surface area contributed by atoms with Gasteiger partial charge in [-0.3, -0.25) is 0 Å². The van der Waals surface area contributed by atoms with Gasteiger partial charge < -0.3 is 20.1 Å². The number of carbonyl (C=O) groups excluding carboxylic acids is 1. The van der Waals surface area contributed by atoms with Gasteiger partial charge in [0, 0.05) is 29.8 Å². The van der Waals surface area contributed by atoms with Crippen LogP contribution < -0.4 is 5.32 Å². The molecule has 0 fully saturated rings. The molecule has 0 unspecified atom stereocenters. The van der Waals surface area contributed by atoms with Crippen molar-refractivity contribution in [2.24, 2.45) is 0 Å². The predicted octanol–water partition coefficient (Wildman–Crippen LogP) is 5.15. The molecule has 4 aromatic rings. The molecule has 0 aliphatic heterocycles. The molecule has 3 aromatic carbocycles. The molecule has 0 radical (unpaired) electrons. The number of carbonyl (C=O) groups is 2. The first kappa shape index (κ1) is 21.4. The molecule has 168 valence electrons. The van der Waals surface area contributed by atoms with E-state index in [1.54, 1.807) is 0 Å². The molecule has 5 rings (SSSR count). The number of carboxylic acid groups (broad SMARTS) is 1. The van der Waals surface area contributed by atoms with Crippen molar-refractivity contribution in [3.63, 3.8) is 0 Å². The standard InChI is InChI=1S/C28H22N2O4/c31-27(32)26-23(22-13-5-6-15-25(22)30-26)14-7-8-16-29-28(33)34-17-24-20-11-3-1-9-18(20)19-10-2-4-12-21(19)24/h1-6,9-13,15,24,30H,8,16-17H2,(H,29,33)(H,31,32). The van der Waals surface area contributed by atoms with E-state index < -0.39 is 12.1 Å². The summed E-state index contributed by atoms with van der Waals surface area (Å²) in [6.45, 7) is 0.553. The monoisotopic (exact) mass is 450 g/mol. The van der Waals surface area contributed by atoms with Crippen LogP contribution in [0.15, 0.2) is 72.8 Å². The summed E-state index contributed by atoms with van der Waals surface area (Å²) in [7, 11) is 0. The second kappa shape index (κ2) is 9.16. The first-order valence-corrected chi connectivity index (χ1v) is 11.0. The molecule has 6 heteroatoms. The number of ether oxygens (including phenoxy) is 1. The summed E-state index contributed by atoms with van der Waals surface area (Å²) in [5.41, 5.74) is 5.93. The Morgan fingerprint density at radius 1 is 0.941 bits per heavy atom. The molecule has 1 aromatic heterocycles. The highest BCUT2D eigenvalue weighted by Crippen LogP contribution is 2.44. The molecule has 0 spiro atoms. The average Bonchev–Trinajstić information content (AvgIpc) is 3.39. The van der Waals surface area contributed by atoms with E-state index in [1.807, 2.05) is 48.5 Å². The lowest BCUT2D eigenvalue weighted by Crippen LogP contribution is -2.26.